The van der Waals surface area contributed by atoms with Crippen molar-refractivity contribution < 1.29 is 9.59 Å². The summed E-state index contributed by atoms with van der Waals surface area (Å²) in [7, 11) is 1.63. The van der Waals surface area contributed by atoms with Gasteiger partial charge in [0.25, 0.3) is 5.91 Å². The number of fused-ring (bicyclic) bond motifs is 3. The second kappa shape index (κ2) is 7.72. The van der Waals surface area contributed by atoms with E-state index in [-0.39, 0.29) is 23.9 Å². The van der Waals surface area contributed by atoms with Crippen LogP contribution >= 0.6 is 11.3 Å². The van der Waals surface area contributed by atoms with E-state index < -0.39 is 0 Å². The molecule has 0 spiro atoms. The number of amides is 2. The Kier molecular flexibility index (Phi) is 4.90. The van der Waals surface area contributed by atoms with E-state index in [4.69, 9.17) is 4.98 Å². The number of benzene rings is 1. The van der Waals surface area contributed by atoms with Gasteiger partial charge < -0.3 is 14.8 Å². The Morgan fingerprint density at radius 1 is 1.13 bits per heavy atom. The lowest BCUT2D eigenvalue weighted by Crippen LogP contribution is -2.42. The molecular formula is C23H24N4O2S. The Morgan fingerprint density at radius 3 is 2.67 bits per heavy atom. The van der Waals surface area contributed by atoms with Crippen LogP contribution in [-0.2, 0) is 24.2 Å². The third-order valence-electron chi connectivity index (χ3n) is 6.18. The van der Waals surface area contributed by atoms with E-state index in [1.165, 1.54) is 0 Å². The van der Waals surface area contributed by atoms with Gasteiger partial charge in [0.05, 0.1) is 18.2 Å². The third kappa shape index (κ3) is 3.23. The van der Waals surface area contributed by atoms with Gasteiger partial charge in [-0.15, -0.1) is 11.3 Å². The largest absolute Gasteiger partial charge is 0.354 e. The minimum Gasteiger partial charge on any atom is -0.354 e. The summed E-state index contributed by atoms with van der Waals surface area (Å²) in [6, 6.07) is 14.2. The highest BCUT2D eigenvalue weighted by Crippen LogP contribution is 2.36. The number of carbonyl (C=O) groups excluding carboxylic acids is 2. The van der Waals surface area contributed by atoms with Gasteiger partial charge in [0.15, 0.2) is 0 Å². The Bertz CT molecular complexity index is 1070. The lowest BCUT2D eigenvalue weighted by molar-refractivity contribution is -0.133. The molecule has 0 radical (unpaired) electrons. The molecule has 1 aromatic carbocycles. The summed E-state index contributed by atoms with van der Waals surface area (Å²) < 4.78 is 2.18. The predicted molar refractivity (Wildman–Crippen MR) is 116 cm³/mol. The molecule has 1 saturated heterocycles. The second-order valence-corrected chi connectivity index (χ2v) is 8.96. The van der Waals surface area contributed by atoms with Crippen molar-refractivity contribution in [3.63, 3.8) is 0 Å². The molecule has 0 unspecified atom stereocenters. The number of thiophene rings is 1. The second-order valence-electron chi connectivity index (χ2n) is 7.93. The molecule has 30 heavy (non-hydrogen) atoms. The van der Waals surface area contributed by atoms with E-state index in [1.54, 1.807) is 18.4 Å². The van der Waals surface area contributed by atoms with Crippen LogP contribution in [0.1, 0.15) is 33.9 Å². The first-order valence-electron chi connectivity index (χ1n) is 10.4. The van der Waals surface area contributed by atoms with Gasteiger partial charge in [-0.05, 0) is 24.3 Å². The molecule has 5 rings (SSSR count). The molecule has 154 valence electrons. The Hall–Kier alpha value is -2.93. The van der Waals surface area contributed by atoms with Gasteiger partial charge in [-0.1, -0.05) is 36.4 Å². The van der Waals surface area contributed by atoms with Crippen LogP contribution in [0.4, 0.5) is 0 Å². The van der Waals surface area contributed by atoms with E-state index in [0.717, 1.165) is 34.8 Å². The van der Waals surface area contributed by atoms with Crippen molar-refractivity contribution in [1.82, 2.24) is 19.8 Å². The minimum atomic E-state index is -0.171. The highest BCUT2D eigenvalue weighted by atomic mass is 32.1. The molecule has 0 aliphatic carbocycles. The van der Waals surface area contributed by atoms with Crippen LogP contribution in [0.25, 0.3) is 11.4 Å². The summed E-state index contributed by atoms with van der Waals surface area (Å²) in [4.78, 5) is 33.8. The Balaban J connectivity index is 1.53. The minimum absolute atomic E-state index is 0.118. The average molecular weight is 421 g/mol. The van der Waals surface area contributed by atoms with Gasteiger partial charge in [-0.3, -0.25) is 9.59 Å². The van der Waals surface area contributed by atoms with Gasteiger partial charge in [-0.2, -0.15) is 0 Å². The molecule has 6 nitrogen and oxygen atoms in total. The predicted octanol–water partition coefficient (Wildman–Crippen LogP) is 3.13. The first kappa shape index (κ1) is 19.1. The van der Waals surface area contributed by atoms with Crippen LogP contribution in [0.2, 0.25) is 0 Å². The highest BCUT2D eigenvalue weighted by Gasteiger charge is 2.42. The zero-order valence-corrected chi connectivity index (χ0v) is 17.7. The van der Waals surface area contributed by atoms with Crippen LogP contribution in [0, 0.1) is 0 Å². The SMILES string of the molecule is CNC(=O)c1nc(-c2ccccc2)n2c1C[C@@H]1CC[C@H](C2)N1C(=O)Cc1cccs1. The maximum atomic E-state index is 13.2. The summed E-state index contributed by atoms with van der Waals surface area (Å²) in [5.74, 6) is 0.823. The number of aromatic nitrogens is 2. The number of imidazole rings is 1. The first-order chi connectivity index (χ1) is 14.7. The quantitative estimate of drug-likeness (QED) is 0.705. The standard InChI is InChI=1S/C23H24N4O2S/c1-24-23(29)21-19-12-16-9-10-17(27(16)20(28)13-18-8-5-11-30-18)14-26(19)22(25-21)15-6-3-2-4-7-15/h2-8,11,16-17H,9-10,12-14H2,1H3,(H,24,29)/t16-,17+/m0/s1. The molecule has 1 fully saturated rings. The summed E-state index contributed by atoms with van der Waals surface area (Å²) in [5, 5.41) is 4.74. The number of nitrogens with zero attached hydrogens (tertiary/aromatic N) is 3. The van der Waals surface area contributed by atoms with E-state index >= 15 is 0 Å². The summed E-state index contributed by atoms with van der Waals surface area (Å²) in [5.41, 5.74) is 2.41. The Labute approximate surface area is 179 Å². The monoisotopic (exact) mass is 420 g/mol. The lowest BCUT2D eigenvalue weighted by atomic mass is 10.1. The van der Waals surface area contributed by atoms with Crippen molar-refractivity contribution in [3.05, 3.63) is 64.1 Å². The van der Waals surface area contributed by atoms with Gasteiger partial charge >= 0.3 is 0 Å². The number of rotatable bonds is 4. The van der Waals surface area contributed by atoms with Crippen LogP contribution < -0.4 is 5.32 Å². The number of hydrogen-bond donors (Lipinski definition) is 1. The molecule has 7 heteroatoms. The van der Waals surface area contributed by atoms with Gasteiger partial charge in [-0.25, -0.2) is 4.98 Å². The van der Waals surface area contributed by atoms with Crippen LogP contribution in [0.5, 0.6) is 0 Å². The smallest absolute Gasteiger partial charge is 0.271 e. The van der Waals surface area contributed by atoms with Crippen LogP contribution in [0.15, 0.2) is 47.8 Å². The van der Waals surface area contributed by atoms with E-state index in [9.17, 15) is 9.59 Å². The number of nitrogens with one attached hydrogen (secondary N) is 1. The van der Waals surface area contributed by atoms with E-state index in [1.807, 2.05) is 47.8 Å². The maximum Gasteiger partial charge on any atom is 0.271 e. The molecule has 2 atom stereocenters. The molecule has 0 saturated carbocycles. The van der Waals surface area contributed by atoms with E-state index in [2.05, 4.69) is 14.8 Å². The van der Waals surface area contributed by atoms with Crippen molar-refractivity contribution >= 4 is 23.2 Å². The normalized spacial score (nSPS) is 20.0. The fourth-order valence-corrected chi connectivity index (χ4v) is 5.53. The van der Waals surface area contributed by atoms with Crippen LogP contribution in [-0.4, -0.2) is 45.4 Å². The van der Waals surface area contributed by atoms with E-state index in [0.29, 0.717) is 25.1 Å². The van der Waals surface area contributed by atoms with Crippen molar-refractivity contribution in [3.8, 4) is 11.4 Å². The molecule has 2 amide bonds. The van der Waals surface area contributed by atoms with Crippen LogP contribution in [0.3, 0.4) is 0 Å². The molecule has 2 aliphatic heterocycles. The molecule has 2 aromatic heterocycles. The van der Waals surface area contributed by atoms with Crippen molar-refractivity contribution in [1.29, 1.82) is 0 Å². The Morgan fingerprint density at radius 2 is 1.93 bits per heavy atom. The topological polar surface area (TPSA) is 67.2 Å². The summed E-state index contributed by atoms with van der Waals surface area (Å²) in [6.45, 7) is 0.677. The van der Waals surface area contributed by atoms with Gasteiger partial charge in [0, 0.05) is 36.5 Å². The van der Waals surface area contributed by atoms with Gasteiger partial charge in [0.2, 0.25) is 5.91 Å². The fourth-order valence-electron chi connectivity index (χ4n) is 4.83. The van der Waals surface area contributed by atoms with Crippen molar-refractivity contribution in [2.45, 2.75) is 44.3 Å². The molecule has 4 heterocycles. The molecule has 2 bridgehead atoms. The first-order valence-corrected chi connectivity index (χ1v) is 11.2. The van der Waals surface area contributed by atoms with Crippen molar-refractivity contribution in [2.75, 3.05) is 7.05 Å². The molecular weight excluding hydrogens is 396 g/mol. The lowest BCUT2D eigenvalue weighted by Gasteiger charge is -2.28. The zero-order chi connectivity index (χ0) is 20.7. The number of carbonyl (C=O) groups is 2. The number of hydrogen-bond acceptors (Lipinski definition) is 4. The maximum absolute atomic E-state index is 13.2. The molecule has 2 aliphatic rings. The third-order valence-corrected chi connectivity index (χ3v) is 7.06. The van der Waals surface area contributed by atoms with Crippen molar-refractivity contribution in [2.24, 2.45) is 0 Å². The summed E-state index contributed by atoms with van der Waals surface area (Å²) >= 11 is 1.63. The highest BCUT2D eigenvalue weighted by molar-refractivity contribution is 7.10. The fraction of sp³-hybridized carbons (Fsp3) is 0.348. The molecule has 1 N–H and O–H groups in total. The average Bonchev–Trinajstić information content (AvgIpc) is 3.46. The molecule has 3 aromatic rings. The summed E-state index contributed by atoms with van der Waals surface area (Å²) in [6.07, 6.45) is 3.07. The zero-order valence-electron chi connectivity index (χ0n) is 16.9. The van der Waals surface area contributed by atoms with Gasteiger partial charge in [0.1, 0.15) is 11.5 Å².